The maximum absolute atomic E-state index is 12.3. The molecule has 1 aromatic rings. The highest BCUT2D eigenvalue weighted by atomic mass is 32.2. The van der Waals surface area contributed by atoms with Crippen LogP contribution < -0.4 is 21.1 Å². The topological polar surface area (TPSA) is 130 Å². The van der Waals surface area contributed by atoms with E-state index in [0.29, 0.717) is 12.1 Å². The molecule has 0 radical (unpaired) electrons. The number of hydrogen-bond acceptors (Lipinski definition) is 4. The van der Waals surface area contributed by atoms with E-state index >= 15 is 0 Å². The summed E-state index contributed by atoms with van der Waals surface area (Å²) in [5.74, 6) is -0.520. The summed E-state index contributed by atoms with van der Waals surface area (Å²) in [6.07, 6.45) is 0.678. The Kier molecular flexibility index (Phi) is 6.52. The molecule has 1 rings (SSSR count). The third-order valence-corrected chi connectivity index (χ3v) is 4.92. The molecule has 5 N–H and O–H groups in total. The van der Waals surface area contributed by atoms with E-state index in [1.165, 1.54) is 31.3 Å². The minimum atomic E-state index is -3.53. The van der Waals surface area contributed by atoms with Crippen LogP contribution >= 0.6 is 0 Å². The highest BCUT2D eigenvalue weighted by Crippen LogP contribution is 2.15. The van der Waals surface area contributed by atoms with Crippen LogP contribution in [-0.4, -0.2) is 33.4 Å². The number of hydrogen-bond donors (Lipinski definition) is 4. The van der Waals surface area contributed by atoms with Crippen LogP contribution in [0.3, 0.4) is 0 Å². The summed E-state index contributed by atoms with van der Waals surface area (Å²) < 4.78 is 25.5. The zero-order valence-electron chi connectivity index (χ0n) is 13.3. The molecule has 23 heavy (non-hydrogen) atoms. The fraction of sp³-hybridized carbons (Fsp3) is 0.429. The number of carbonyl (C=O) groups is 2. The maximum atomic E-state index is 12.3. The summed E-state index contributed by atoms with van der Waals surface area (Å²) in [5.41, 5.74) is 5.52. The van der Waals surface area contributed by atoms with Gasteiger partial charge in [0.2, 0.25) is 15.9 Å². The van der Waals surface area contributed by atoms with Gasteiger partial charge in [-0.25, -0.2) is 17.9 Å². The molecule has 0 bridgehead atoms. The van der Waals surface area contributed by atoms with Gasteiger partial charge in [-0.05, 0) is 37.2 Å². The van der Waals surface area contributed by atoms with Crippen molar-refractivity contribution in [3.8, 4) is 0 Å². The first-order valence-corrected chi connectivity index (χ1v) is 8.60. The van der Waals surface area contributed by atoms with Gasteiger partial charge in [-0.2, -0.15) is 0 Å². The Bertz CT molecular complexity index is 658. The normalized spacial score (nSPS) is 13.9. The van der Waals surface area contributed by atoms with Gasteiger partial charge in [0.05, 0.1) is 4.90 Å². The van der Waals surface area contributed by atoms with Crippen molar-refractivity contribution >= 4 is 27.6 Å². The monoisotopic (exact) mass is 342 g/mol. The van der Waals surface area contributed by atoms with E-state index in [-0.39, 0.29) is 10.8 Å². The van der Waals surface area contributed by atoms with Crippen molar-refractivity contribution in [2.45, 2.75) is 31.2 Å². The van der Waals surface area contributed by atoms with E-state index in [4.69, 9.17) is 5.73 Å². The highest BCUT2D eigenvalue weighted by Gasteiger charge is 2.25. The van der Waals surface area contributed by atoms with Crippen LogP contribution in [-0.2, 0) is 14.8 Å². The van der Waals surface area contributed by atoms with Gasteiger partial charge in [-0.15, -0.1) is 0 Å². The molecule has 0 aromatic heterocycles. The molecule has 1 aromatic carbocycles. The number of benzene rings is 1. The van der Waals surface area contributed by atoms with Crippen molar-refractivity contribution in [2.24, 2.45) is 11.7 Å². The molecule has 0 saturated heterocycles. The van der Waals surface area contributed by atoms with Gasteiger partial charge < -0.3 is 16.4 Å². The molecule has 0 aliphatic carbocycles. The summed E-state index contributed by atoms with van der Waals surface area (Å²) in [7, 11) is -2.21. The molecule has 2 atom stereocenters. The minimum absolute atomic E-state index is 0.0896. The smallest absolute Gasteiger partial charge is 0.312 e. The lowest BCUT2D eigenvalue weighted by Crippen LogP contribution is -2.49. The number of anilines is 1. The quantitative estimate of drug-likeness (QED) is 0.578. The lowest BCUT2D eigenvalue weighted by atomic mass is 9.98. The van der Waals surface area contributed by atoms with Crippen LogP contribution in [0.5, 0.6) is 0 Å². The van der Waals surface area contributed by atoms with Gasteiger partial charge in [0.25, 0.3) is 0 Å². The second kappa shape index (κ2) is 7.93. The zero-order valence-corrected chi connectivity index (χ0v) is 14.1. The molecule has 0 fully saturated rings. The molecule has 0 saturated carbocycles. The standard InChI is InChI=1S/C14H22N4O4S/c1-4-9(2)12(18-14(15)20)13(19)17-10-5-7-11(8-6-10)23(21,22)16-3/h5-9,12,16H,4H2,1-3H3,(H,17,19)(H3,15,18,20)/t9-,12-/m0/s1. The van der Waals surface area contributed by atoms with Crippen molar-refractivity contribution in [1.82, 2.24) is 10.0 Å². The number of carbonyl (C=O) groups excluding carboxylic acids is 2. The van der Waals surface area contributed by atoms with E-state index in [0.717, 1.165) is 0 Å². The Balaban J connectivity index is 2.88. The number of primary amides is 1. The van der Waals surface area contributed by atoms with Gasteiger partial charge >= 0.3 is 6.03 Å². The fourth-order valence-corrected chi connectivity index (χ4v) is 2.64. The third kappa shape index (κ3) is 5.22. The molecule has 8 nitrogen and oxygen atoms in total. The van der Waals surface area contributed by atoms with E-state index in [2.05, 4.69) is 15.4 Å². The first kappa shape index (κ1) is 18.9. The Labute approximate surface area is 135 Å². The molecule has 0 heterocycles. The first-order valence-electron chi connectivity index (χ1n) is 7.11. The molecule has 0 unspecified atom stereocenters. The molecule has 3 amide bonds. The van der Waals surface area contributed by atoms with Gasteiger partial charge in [0.1, 0.15) is 6.04 Å². The number of rotatable bonds is 7. The largest absolute Gasteiger partial charge is 0.352 e. The molecule has 128 valence electrons. The number of nitrogens with one attached hydrogen (secondary N) is 3. The lowest BCUT2D eigenvalue weighted by molar-refractivity contribution is -0.119. The Morgan fingerprint density at radius 2 is 1.78 bits per heavy atom. The van der Waals surface area contributed by atoms with Crippen LogP contribution in [0.1, 0.15) is 20.3 Å². The molecular weight excluding hydrogens is 320 g/mol. The average Bonchev–Trinajstić information content (AvgIpc) is 2.52. The van der Waals surface area contributed by atoms with Crippen molar-refractivity contribution in [3.05, 3.63) is 24.3 Å². The van der Waals surface area contributed by atoms with E-state index in [9.17, 15) is 18.0 Å². The molecular formula is C14H22N4O4S. The number of amides is 3. The summed E-state index contributed by atoms with van der Waals surface area (Å²) in [4.78, 5) is 23.4. The van der Waals surface area contributed by atoms with Crippen molar-refractivity contribution in [3.63, 3.8) is 0 Å². The first-order chi connectivity index (χ1) is 10.7. The van der Waals surface area contributed by atoms with Crippen molar-refractivity contribution < 1.29 is 18.0 Å². The highest BCUT2D eigenvalue weighted by molar-refractivity contribution is 7.89. The molecule has 0 aliphatic heterocycles. The SMILES string of the molecule is CC[C@H](C)[C@H](NC(N)=O)C(=O)Nc1ccc(S(=O)(=O)NC)cc1. The predicted molar refractivity (Wildman–Crippen MR) is 87.3 cm³/mol. The zero-order chi connectivity index (χ0) is 17.6. The summed E-state index contributed by atoms with van der Waals surface area (Å²) >= 11 is 0. The number of nitrogens with two attached hydrogens (primary N) is 1. The van der Waals surface area contributed by atoms with Crippen LogP contribution in [0.25, 0.3) is 0 Å². The van der Waals surface area contributed by atoms with Crippen LogP contribution in [0, 0.1) is 5.92 Å². The maximum Gasteiger partial charge on any atom is 0.312 e. The Hall–Kier alpha value is -2.13. The summed E-state index contributed by atoms with van der Waals surface area (Å²) in [6.45, 7) is 3.72. The fourth-order valence-electron chi connectivity index (χ4n) is 1.91. The summed E-state index contributed by atoms with van der Waals surface area (Å²) in [6, 6.07) is 4.15. The van der Waals surface area contributed by atoms with Crippen molar-refractivity contribution in [1.29, 1.82) is 0 Å². The molecule has 9 heteroatoms. The number of urea groups is 1. The van der Waals surface area contributed by atoms with E-state index < -0.39 is 28.0 Å². The average molecular weight is 342 g/mol. The number of sulfonamides is 1. The second-order valence-corrected chi connectivity index (χ2v) is 6.98. The van der Waals surface area contributed by atoms with Crippen LogP contribution in [0.2, 0.25) is 0 Å². The molecule has 0 spiro atoms. The summed E-state index contributed by atoms with van der Waals surface area (Å²) in [5, 5.41) is 5.05. The molecule has 0 aliphatic rings. The van der Waals surface area contributed by atoms with Crippen molar-refractivity contribution in [2.75, 3.05) is 12.4 Å². The van der Waals surface area contributed by atoms with Crippen LogP contribution in [0.4, 0.5) is 10.5 Å². The van der Waals surface area contributed by atoms with Gasteiger partial charge in [-0.1, -0.05) is 20.3 Å². The predicted octanol–water partition coefficient (Wildman–Crippen LogP) is 0.616. The third-order valence-electron chi connectivity index (χ3n) is 3.49. The van der Waals surface area contributed by atoms with E-state index in [1.54, 1.807) is 0 Å². The van der Waals surface area contributed by atoms with Gasteiger partial charge in [0.15, 0.2) is 0 Å². The Morgan fingerprint density at radius 1 is 1.22 bits per heavy atom. The lowest BCUT2D eigenvalue weighted by Gasteiger charge is -2.22. The Morgan fingerprint density at radius 3 is 2.22 bits per heavy atom. The van der Waals surface area contributed by atoms with Crippen LogP contribution in [0.15, 0.2) is 29.2 Å². The minimum Gasteiger partial charge on any atom is -0.352 e. The van der Waals surface area contributed by atoms with Gasteiger partial charge in [0, 0.05) is 5.69 Å². The van der Waals surface area contributed by atoms with E-state index in [1.807, 2.05) is 13.8 Å². The second-order valence-electron chi connectivity index (χ2n) is 5.09. The van der Waals surface area contributed by atoms with Gasteiger partial charge in [-0.3, -0.25) is 4.79 Å².